The fourth-order valence-electron chi connectivity index (χ4n) is 3.08. The van der Waals surface area contributed by atoms with Gasteiger partial charge >= 0.3 is 6.18 Å². The molecule has 170 valence electrons. The highest BCUT2D eigenvalue weighted by molar-refractivity contribution is 14.0. The molecule has 7 nitrogen and oxygen atoms in total. The third-order valence-corrected chi connectivity index (χ3v) is 4.59. The molecule has 2 N–H and O–H groups in total. The number of hydrogen-bond donors (Lipinski definition) is 2. The maximum atomic E-state index is 12.5. The number of carbonyl (C=O) groups excluding carboxylic acids is 1. The molecule has 0 spiro atoms. The van der Waals surface area contributed by atoms with Gasteiger partial charge < -0.3 is 15.5 Å². The van der Waals surface area contributed by atoms with Crippen molar-refractivity contribution in [1.29, 1.82) is 0 Å². The summed E-state index contributed by atoms with van der Waals surface area (Å²) in [5.41, 5.74) is 0.912. The molecular weight excluding hydrogens is 512 g/mol. The predicted octanol–water partition coefficient (Wildman–Crippen LogP) is 1.89. The molecule has 1 aliphatic heterocycles. The first-order chi connectivity index (χ1) is 13.8. The molecule has 2 rings (SSSR count). The number of pyridine rings is 1. The second kappa shape index (κ2) is 12.9. The number of amides is 1. The molecule has 0 bridgehead atoms. The van der Waals surface area contributed by atoms with Gasteiger partial charge in [-0.2, -0.15) is 13.2 Å². The van der Waals surface area contributed by atoms with Gasteiger partial charge in [-0.25, -0.2) is 4.99 Å². The van der Waals surface area contributed by atoms with Gasteiger partial charge in [0.25, 0.3) is 0 Å². The minimum Gasteiger partial charge on any atom is -0.357 e. The Morgan fingerprint density at radius 3 is 2.80 bits per heavy atom. The average Bonchev–Trinajstić information content (AvgIpc) is 3.09. The van der Waals surface area contributed by atoms with E-state index >= 15 is 0 Å². The zero-order chi connectivity index (χ0) is 21.3. The van der Waals surface area contributed by atoms with E-state index in [1.54, 1.807) is 18.1 Å². The summed E-state index contributed by atoms with van der Waals surface area (Å²) in [6, 6.07) is 5.52. The van der Waals surface area contributed by atoms with Gasteiger partial charge in [0, 0.05) is 57.6 Å². The molecule has 1 amide bonds. The van der Waals surface area contributed by atoms with Crippen molar-refractivity contribution in [3.05, 3.63) is 30.1 Å². The third kappa shape index (κ3) is 9.92. The van der Waals surface area contributed by atoms with E-state index in [1.807, 2.05) is 25.1 Å². The molecule has 0 aromatic carbocycles. The number of halogens is 4. The average molecular weight is 542 g/mol. The summed E-state index contributed by atoms with van der Waals surface area (Å²) >= 11 is 0. The van der Waals surface area contributed by atoms with Crippen LogP contribution >= 0.6 is 24.0 Å². The maximum Gasteiger partial charge on any atom is 0.401 e. The number of guanidine groups is 1. The van der Waals surface area contributed by atoms with Crippen LogP contribution in [0.1, 0.15) is 19.0 Å². The summed E-state index contributed by atoms with van der Waals surface area (Å²) in [5, 5.41) is 6.18. The molecule has 1 aliphatic rings. The van der Waals surface area contributed by atoms with Gasteiger partial charge in [0.2, 0.25) is 5.91 Å². The van der Waals surface area contributed by atoms with Gasteiger partial charge in [0.1, 0.15) is 6.54 Å². The van der Waals surface area contributed by atoms with Crippen molar-refractivity contribution in [3.8, 4) is 0 Å². The molecule has 0 radical (unpaired) electrons. The van der Waals surface area contributed by atoms with Crippen molar-refractivity contribution >= 4 is 35.8 Å². The smallest absolute Gasteiger partial charge is 0.357 e. The van der Waals surface area contributed by atoms with Gasteiger partial charge in [0.15, 0.2) is 5.96 Å². The Hall–Kier alpha value is -1.63. The van der Waals surface area contributed by atoms with E-state index < -0.39 is 12.7 Å². The van der Waals surface area contributed by atoms with Crippen molar-refractivity contribution in [2.75, 3.05) is 46.3 Å². The zero-order valence-electron chi connectivity index (χ0n) is 17.3. The van der Waals surface area contributed by atoms with Crippen LogP contribution in [0.2, 0.25) is 0 Å². The van der Waals surface area contributed by atoms with Crippen LogP contribution in [0.3, 0.4) is 0 Å². The number of hydrogen-bond acceptors (Lipinski definition) is 4. The lowest BCUT2D eigenvalue weighted by atomic mass is 10.2. The molecule has 1 unspecified atom stereocenters. The van der Waals surface area contributed by atoms with E-state index in [0.29, 0.717) is 45.0 Å². The third-order valence-electron chi connectivity index (χ3n) is 4.59. The second-order valence-electron chi connectivity index (χ2n) is 7.06. The minimum absolute atomic E-state index is 0. The zero-order valence-corrected chi connectivity index (χ0v) is 19.6. The molecule has 2 heterocycles. The summed E-state index contributed by atoms with van der Waals surface area (Å²) in [6.45, 7) is 2.75. The molecule has 1 aromatic rings. The van der Waals surface area contributed by atoms with Crippen LogP contribution in [-0.2, 0) is 11.2 Å². The molecular formula is C19H30F3IN6O. The molecule has 1 aromatic heterocycles. The highest BCUT2D eigenvalue weighted by Crippen LogP contribution is 2.19. The van der Waals surface area contributed by atoms with Crippen LogP contribution in [-0.4, -0.2) is 85.2 Å². The highest BCUT2D eigenvalue weighted by Gasteiger charge is 2.34. The van der Waals surface area contributed by atoms with Crippen LogP contribution in [0.15, 0.2) is 29.4 Å². The van der Waals surface area contributed by atoms with E-state index in [9.17, 15) is 18.0 Å². The molecule has 0 saturated carbocycles. The molecule has 11 heteroatoms. The number of rotatable bonds is 8. The summed E-state index contributed by atoms with van der Waals surface area (Å²) in [7, 11) is 1.72. The minimum atomic E-state index is -4.19. The maximum absolute atomic E-state index is 12.5. The van der Waals surface area contributed by atoms with E-state index in [1.165, 1.54) is 4.90 Å². The Morgan fingerprint density at radius 2 is 2.17 bits per heavy atom. The largest absolute Gasteiger partial charge is 0.401 e. The number of nitrogens with one attached hydrogen (secondary N) is 2. The Kier molecular flexibility index (Phi) is 11.4. The molecule has 30 heavy (non-hydrogen) atoms. The first kappa shape index (κ1) is 26.4. The second-order valence-corrected chi connectivity index (χ2v) is 7.06. The number of carbonyl (C=O) groups is 1. The van der Waals surface area contributed by atoms with E-state index in [-0.39, 0.29) is 42.5 Å². The number of aromatic nitrogens is 1. The van der Waals surface area contributed by atoms with Crippen LogP contribution in [0.4, 0.5) is 13.2 Å². The number of nitrogens with zero attached hydrogens (tertiary/aromatic N) is 4. The Morgan fingerprint density at radius 1 is 1.40 bits per heavy atom. The van der Waals surface area contributed by atoms with Gasteiger partial charge in [0.05, 0.1) is 6.54 Å². The summed E-state index contributed by atoms with van der Waals surface area (Å²) < 4.78 is 37.6. The summed E-state index contributed by atoms with van der Waals surface area (Å²) in [6.07, 6.45) is -1.23. The van der Waals surface area contributed by atoms with Crippen molar-refractivity contribution in [2.24, 2.45) is 4.99 Å². The van der Waals surface area contributed by atoms with Gasteiger partial charge in [-0.15, -0.1) is 24.0 Å². The standard InChI is InChI=1S/C19H29F3N6O.HI/c1-3-23-18(26-16-8-11-28(13-16)14-19(20,21)22)25-12-17(29)27(2)10-7-15-6-4-5-9-24-15;/h4-6,9,16H,3,7-8,10-14H2,1-2H3,(H2,23,25,26);1H. The Balaban J connectivity index is 0.00000450. The first-order valence-corrected chi connectivity index (χ1v) is 9.74. The molecule has 1 atom stereocenters. The van der Waals surface area contributed by atoms with Crippen LogP contribution in [0.5, 0.6) is 0 Å². The van der Waals surface area contributed by atoms with Gasteiger partial charge in [-0.05, 0) is 25.5 Å². The number of likely N-dealkylation sites (N-methyl/N-ethyl adjacent to an activating group) is 1. The quantitative estimate of drug-likeness (QED) is 0.299. The highest BCUT2D eigenvalue weighted by atomic mass is 127. The SMILES string of the molecule is CCNC(=NCC(=O)N(C)CCc1ccccn1)NC1CCN(CC(F)(F)F)C1.I. The van der Waals surface area contributed by atoms with E-state index in [4.69, 9.17) is 0 Å². The van der Waals surface area contributed by atoms with Gasteiger partial charge in [-0.3, -0.25) is 14.7 Å². The van der Waals surface area contributed by atoms with Crippen LogP contribution < -0.4 is 10.6 Å². The summed E-state index contributed by atoms with van der Waals surface area (Å²) in [4.78, 5) is 23.8. The van der Waals surface area contributed by atoms with Crippen LogP contribution in [0, 0.1) is 0 Å². The predicted molar refractivity (Wildman–Crippen MR) is 121 cm³/mol. The lowest BCUT2D eigenvalue weighted by molar-refractivity contribution is -0.143. The Labute approximate surface area is 192 Å². The topological polar surface area (TPSA) is 72.9 Å². The van der Waals surface area contributed by atoms with Gasteiger partial charge in [-0.1, -0.05) is 6.07 Å². The number of likely N-dealkylation sites (tertiary alicyclic amines) is 1. The lowest BCUT2D eigenvalue weighted by Gasteiger charge is -2.20. The van der Waals surface area contributed by atoms with E-state index in [0.717, 1.165) is 5.69 Å². The van der Waals surface area contributed by atoms with Crippen molar-refractivity contribution in [1.82, 2.24) is 25.4 Å². The normalized spacial score (nSPS) is 17.4. The monoisotopic (exact) mass is 542 g/mol. The molecule has 1 fully saturated rings. The van der Waals surface area contributed by atoms with Crippen molar-refractivity contribution in [2.45, 2.75) is 32.0 Å². The first-order valence-electron chi connectivity index (χ1n) is 9.74. The molecule has 0 aliphatic carbocycles. The van der Waals surface area contributed by atoms with Crippen molar-refractivity contribution < 1.29 is 18.0 Å². The molecule has 1 saturated heterocycles. The van der Waals surface area contributed by atoms with Crippen LogP contribution in [0.25, 0.3) is 0 Å². The fourth-order valence-corrected chi connectivity index (χ4v) is 3.08. The summed E-state index contributed by atoms with van der Waals surface area (Å²) in [5.74, 6) is 0.307. The number of alkyl halides is 3. The fraction of sp³-hybridized carbons (Fsp3) is 0.632. The van der Waals surface area contributed by atoms with Crippen molar-refractivity contribution in [3.63, 3.8) is 0 Å². The number of aliphatic imine (C=N–C) groups is 1. The Bertz CT molecular complexity index is 674. The lowest BCUT2D eigenvalue weighted by Crippen LogP contribution is -2.45. The van der Waals surface area contributed by atoms with E-state index in [2.05, 4.69) is 20.6 Å².